The fourth-order valence-corrected chi connectivity index (χ4v) is 2.12. The van der Waals surface area contributed by atoms with Crippen molar-refractivity contribution in [2.75, 3.05) is 25.1 Å². The van der Waals surface area contributed by atoms with Gasteiger partial charge in [-0.2, -0.15) is 0 Å². The summed E-state index contributed by atoms with van der Waals surface area (Å²) in [5, 5.41) is 6.26. The molecule has 1 aromatic carbocycles. The van der Waals surface area contributed by atoms with Gasteiger partial charge in [-0.1, -0.05) is 12.1 Å². The van der Waals surface area contributed by atoms with E-state index in [1.807, 2.05) is 24.3 Å². The molecule has 0 bridgehead atoms. The van der Waals surface area contributed by atoms with E-state index in [0.717, 1.165) is 31.2 Å². The third kappa shape index (κ3) is 5.76. The third-order valence-electron chi connectivity index (χ3n) is 3.42. The minimum atomic E-state index is -0.0269. The van der Waals surface area contributed by atoms with E-state index >= 15 is 0 Å². The Morgan fingerprint density at radius 1 is 1.33 bits per heavy atom. The van der Waals surface area contributed by atoms with Crippen LogP contribution in [-0.4, -0.2) is 31.7 Å². The molecule has 0 aromatic heterocycles. The lowest BCUT2D eigenvalue weighted by Crippen LogP contribution is -2.26. The van der Waals surface area contributed by atoms with E-state index in [0.29, 0.717) is 18.2 Å². The highest BCUT2D eigenvalue weighted by Gasteiger charge is 2.20. The van der Waals surface area contributed by atoms with E-state index in [9.17, 15) is 4.79 Å². The van der Waals surface area contributed by atoms with Gasteiger partial charge < -0.3 is 15.4 Å². The van der Waals surface area contributed by atoms with E-state index in [2.05, 4.69) is 24.5 Å². The maximum atomic E-state index is 12.2. The monoisotopic (exact) mass is 290 g/mol. The van der Waals surface area contributed by atoms with Gasteiger partial charge in [0.1, 0.15) is 0 Å². The van der Waals surface area contributed by atoms with Crippen molar-refractivity contribution in [2.45, 2.75) is 39.2 Å². The van der Waals surface area contributed by atoms with Crippen molar-refractivity contribution in [1.29, 1.82) is 0 Å². The van der Waals surface area contributed by atoms with Gasteiger partial charge in [0, 0.05) is 31.5 Å². The summed E-state index contributed by atoms with van der Waals surface area (Å²) in [5.74, 6) is 0.773. The van der Waals surface area contributed by atoms with Gasteiger partial charge in [0.05, 0.1) is 5.56 Å². The molecule has 4 heteroatoms. The number of amides is 1. The second-order valence-corrected chi connectivity index (χ2v) is 5.97. The molecular weight excluding hydrogens is 264 g/mol. The first-order chi connectivity index (χ1) is 10.2. The lowest BCUT2D eigenvalue weighted by Gasteiger charge is -2.14. The number of benzene rings is 1. The molecule has 2 rings (SSSR count). The van der Waals surface area contributed by atoms with Crippen molar-refractivity contribution in [3.63, 3.8) is 0 Å². The van der Waals surface area contributed by atoms with Crippen LogP contribution in [0.5, 0.6) is 0 Å². The molecule has 0 aliphatic heterocycles. The standard InChI is InChI=1S/C17H26N2O2/c1-13(2)19-16-7-4-3-6-15(16)17(20)18-10-5-11-21-12-14-8-9-14/h3-4,6-7,13-14,19H,5,8-12H2,1-2H3,(H,18,20). The van der Waals surface area contributed by atoms with Crippen LogP contribution in [0.4, 0.5) is 5.69 Å². The second kappa shape index (κ2) is 8.03. The van der Waals surface area contributed by atoms with Crippen LogP contribution in [0.2, 0.25) is 0 Å². The number of rotatable bonds is 9. The Morgan fingerprint density at radius 2 is 2.10 bits per heavy atom. The number of ether oxygens (including phenoxy) is 1. The molecule has 21 heavy (non-hydrogen) atoms. The maximum absolute atomic E-state index is 12.2. The summed E-state index contributed by atoms with van der Waals surface area (Å²) in [7, 11) is 0. The normalized spacial score (nSPS) is 14.2. The zero-order valence-corrected chi connectivity index (χ0v) is 13.0. The molecule has 1 saturated carbocycles. The van der Waals surface area contributed by atoms with Crippen molar-refractivity contribution >= 4 is 11.6 Å². The topological polar surface area (TPSA) is 50.4 Å². The molecule has 0 atom stereocenters. The van der Waals surface area contributed by atoms with Gasteiger partial charge >= 0.3 is 0 Å². The zero-order chi connectivity index (χ0) is 15.1. The van der Waals surface area contributed by atoms with Crippen LogP contribution < -0.4 is 10.6 Å². The maximum Gasteiger partial charge on any atom is 0.253 e. The van der Waals surface area contributed by atoms with Crippen LogP contribution in [0.15, 0.2) is 24.3 Å². The fraction of sp³-hybridized carbons (Fsp3) is 0.588. The van der Waals surface area contributed by atoms with Gasteiger partial charge in [0.2, 0.25) is 0 Å². The van der Waals surface area contributed by atoms with Crippen LogP contribution in [0, 0.1) is 5.92 Å². The van der Waals surface area contributed by atoms with Crippen molar-refractivity contribution in [3.8, 4) is 0 Å². The largest absolute Gasteiger partial charge is 0.382 e. The quantitative estimate of drug-likeness (QED) is 0.687. The van der Waals surface area contributed by atoms with Gasteiger partial charge in [-0.25, -0.2) is 0 Å². The summed E-state index contributed by atoms with van der Waals surface area (Å²) >= 11 is 0. The minimum absolute atomic E-state index is 0.0269. The molecule has 0 saturated heterocycles. The van der Waals surface area contributed by atoms with Crippen molar-refractivity contribution in [3.05, 3.63) is 29.8 Å². The Kier molecular flexibility index (Phi) is 6.05. The van der Waals surface area contributed by atoms with Crippen LogP contribution in [0.3, 0.4) is 0 Å². The number of hydrogen-bond donors (Lipinski definition) is 2. The van der Waals surface area contributed by atoms with E-state index in [1.165, 1.54) is 12.8 Å². The zero-order valence-electron chi connectivity index (χ0n) is 13.0. The summed E-state index contributed by atoms with van der Waals surface area (Å²) in [5.41, 5.74) is 1.58. The van der Waals surface area contributed by atoms with E-state index < -0.39 is 0 Å². The Hall–Kier alpha value is -1.55. The predicted molar refractivity (Wildman–Crippen MR) is 85.7 cm³/mol. The van der Waals surface area contributed by atoms with Gasteiger partial charge in [-0.05, 0) is 51.2 Å². The molecule has 0 radical (unpaired) electrons. The smallest absolute Gasteiger partial charge is 0.253 e. The number of carbonyl (C=O) groups excluding carboxylic acids is 1. The molecule has 1 aliphatic rings. The molecule has 1 aliphatic carbocycles. The molecule has 116 valence electrons. The van der Waals surface area contributed by atoms with Crippen LogP contribution in [0.25, 0.3) is 0 Å². The highest BCUT2D eigenvalue weighted by molar-refractivity contribution is 5.99. The highest BCUT2D eigenvalue weighted by atomic mass is 16.5. The molecule has 0 unspecified atom stereocenters. The molecule has 1 amide bonds. The second-order valence-electron chi connectivity index (χ2n) is 5.97. The Morgan fingerprint density at radius 3 is 2.81 bits per heavy atom. The van der Waals surface area contributed by atoms with Crippen molar-refractivity contribution < 1.29 is 9.53 Å². The van der Waals surface area contributed by atoms with Gasteiger partial charge in [0.15, 0.2) is 0 Å². The molecule has 1 fully saturated rings. The number of nitrogens with one attached hydrogen (secondary N) is 2. The van der Waals surface area contributed by atoms with E-state index in [-0.39, 0.29) is 5.91 Å². The molecule has 1 aromatic rings. The summed E-state index contributed by atoms with van der Waals surface area (Å²) in [6, 6.07) is 7.92. The fourth-order valence-electron chi connectivity index (χ4n) is 2.12. The summed E-state index contributed by atoms with van der Waals surface area (Å²) in [6.45, 7) is 6.38. The van der Waals surface area contributed by atoms with E-state index in [1.54, 1.807) is 0 Å². The number of hydrogen-bond acceptors (Lipinski definition) is 3. The lowest BCUT2D eigenvalue weighted by molar-refractivity contribution is 0.0938. The molecule has 0 heterocycles. The van der Waals surface area contributed by atoms with Gasteiger partial charge in [-0.15, -0.1) is 0 Å². The first-order valence-electron chi connectivity index (χ1n) is 7.88. The summed E-state index contributed by atoms with van der Waals surface area (Å²) in [4.78, 5) is 12.2. The van der Waals surface area contributed by atoms with Crippen LogP contribution in [-0.2, 0) is 4.74 Å². The average Bonchev–Trinajstić information content (AvgIpc) is 3.26. The molecule has 2 N–H and O–H groups in total. The highest BCUT2D eigenvalue weighted by Crippen LogP contribution is 2.28. The van der Waals surface area contributed by atoms with Crippen LogP contribution in [0.1, 0.15) is 43.5 Å². The van der Waals surface area contributed by atoms with Crippen molar-refractivity contribution in [2.24, 2.45) is 5.92 Å². The van der Waals surface area contributed by atoms with Crippen molar-refractivity contribution in [1.82, 2.24) is 5.32 Å². The Balaban J connectivity index is 1.71. The number of carbonyl (C=O) groups is 1. The third-order valence-corrected chi connectivity index (χ3v) is 3.42. The first-order valence-corrected chi connectivity index (χ1v) is 7.88. The average molecular weight is 290 g/mol. The number of anilines is 1. The minimum Gasteiger partial charge on any atom is -0.382 e. The lowest BCUT2D eigenvalue weighted by atomic mass is 10.1. The number of para-hydroxylation sites is 1. The van der Waals surface area contributed by atoms with Gasteiger partial charge in [-0.3, -0.25) is 4.79 Å². The Labute approximate surface area is 127 Å². The molecule has 0 spiro atoms. The first kappa shape index (κ1) is 15.8. The van der Waals surface area contributed by atoms with Crippen LogP contribution >= 0.6 is 0 Å². The SMILES string of the molecule is CC(C)Nc1ccccc1C(=O)NCCCOCC1CC1. The Bertz CT molecular complexity index is 456. The summed E-state index contributed by atoms with van der Waals surface area (Å²) < 4.78 is 5.56. The van der Waals surface area contributed by atoms with E-state index in [4.69, 9.17) is 4.74 Å². The predicted octanol–water partition coefficient (Wildman–Crippen LogP) is 3.05. The van der Waals surface area contributed by atoms with Gasteiger partial charge in [0.25, 0.3) is 5.91 Å². The summed E-state index contributed by atoms with van der Waals surface area (Å²) in [6.07, 6.45) is 3.49. The molecular formula is C17H26N2O2. The molecule has 4 nitrogen and oxygen atoms in total.